The van der Waals surface area contributed by atoms with Gasteiger partial charge < -0.3 is 14.2 Å². The van der Waals surface area contributed by atoms with Crippen LogP contribution in [0.1, 0.15) is 18.1 Å². The highest BCUT2D eigenvalue weighted by atomic mass is 79.9. The van der Waals surface area contributed by atoms with Crippen molar-refractivity contribution in [2.24, 2.45) is 5.10 Å². The van der Waals surface area contributed by atoms with Crippen molar-refractivity contribution in [3.05, 3.63) is 52.0 Å². The van der Waals surface area contributed by atoms with Crippen LogP contribution in [0, 0.1) is 6.92 Å². The Hall–Kier alpha value is -2.54. The number of hydrazone groups is 1. The third-order valence-corrected chi connectivity index (χ3v) is 4.17. The van der Waals surface area contributed by atoms with Gasteiger partial charge in [-0.15, -0.1) is 0 Å². The predicted molar refractivity (Wildman–Crippen MR) is 97.3 cm³/mol. The van der Waals surface area contributed by atoms with E-state index in [2.05, 4.69) is 26.5 Å². The molecule has 0 saturated carbocycles. The smallest absolute Gasteiger partial charge is 0.280 e. The molecule has 130 valence electrons. The summed E-state index contributed by atoms with van der Waals surface area (Å²) in [6, 6.07) is 11.1. The standard InChI is InChI=1S/C18H17BrN2O4/c1-11-3-5-15(14(19)7-11)25-12(2)18(22)21-20-9-13-4-6-16-17(8-13)24-10-23-16/h3-9,12H,10H2,1-2H3,(H,21,22)/b20-9+. The SMILES string of the molecule is Cc1ccc(OC(C)C(=O)N/N=C/c2ccc3c(c2)OCO3)c(Br)c1. The molecular weight excluding hydrogens is 388 g/mol. The number of hydrogen-bond acceptors (Lipinski definition) is 5. The molecule has 0 fully saturated rings. The van der Waals surface area contributed by atoms with E-state index in [0.29, 0.717) is 17.2 Å². The Bertz CT molecular complexity index is 823. The minimum Gasteiger partial charge on any atom is -0.480 e. The normalized spacial score (nSPS) is 13.7. The number of aryl methyl sites for hydroxylation is 1. The van der Waals surface area contributed by atoms with E-state index in [-0.39, 0.29) is 12.7 Å². The molecule has 1 unspecified atom stereocenters. The van der Waals surface area contributed by atoms with Gasteiger partial charge in [-0.2, -0.15) is 5.10 Å². The lowest BCUT2D eigenvalue weighted by Crippen LogP contribution is -2.33. The molecule has 7 heteroatoms. The van der Waals surface area contributed by atoms with E-state index in [1.807, 2.05) is 31.2 Å². The van der Waals surface area contributed by atoms with Gasteiger partial charge in [-0.3, -0.25) is 4.79 Å². The molecule has 0 spiro atoms. The van der Waals surface area contributed by atoms with Crippen LogP contribution < -0.4 is 19.6 Å². The lowest BCUT2D eigenvalue weighted by Gasteiger charge is -2.14. The molecule has 1 N–H and O–H groups in total. The summed E-state index contributed by atoms with van der Waals surface area (Å²) in [5, 5.41) is 3.95. The van der Waals surface area contributed by atoms with Crippen LogP contribution >= 0.6 is 15.9 Å². The summed E-state index contributed by atoms with van der Waals surface area (Å²) < 4.78 is 17.0. The Morgan fingerprint density at radius 2 is 2.08 bits per heavy atom. The second-order valence-electron chi connectivity index (χ2n) is 5.54. The molecule has 1 amide bonds. The number of hydrogen-bond donors (Lipinski definition) is 1. The van der Waals surface area contributed by atoms with E-state index in [0.717, 1.165) is 15.6 Å². The van der Waals surface area contributed by atoms with Crippen LogP contribution in [0.15, 0.2) is 46.0 Å². The molecule has 1 aliphatic heterocycles. The molecule has 25 heavy (non-hydrogen) atoms. The number of nitrogens with zero attached hydrogens (tertiary/aromatic N) is 1. The van der Waals surface area contributed by atoms with Crippen molar-refractivity contribution >= 4 is 28.1 Å². The first-order valence-corrected chi connectivity index (χ1v) is 8.47. The van der Waals surface area contributed by atoms with Crippen LogP contribution in [0.25, 0.3) is 0 Å². The van der Waals surface area contributed by atoms with Crippen LogP contribution in [-0.2, 0) is 4.79 Å². The van der Waals surface area contributed by atoms with E-state index >= 15 is 0 Å². The minimum atomic E-state index is -0.687. The Labute approximate surface area is 153 Å². The summed E-state index contributed by atoms with van der Waals surface area (Å²) >= 11 is 3.42. The van der Waals surface area contributed by atoms with Crippen LogP contribution in [0.5, 0.6) is 17.2 Å². The number of amides is 1. The van der Waals surface area contributed by atoms with Gasteiger partial charge in [-0.25, -0.2) is 5.43 Å². The minimum absolute atomic E-state index is 0.218. The third-order valence-electron chi connectivity index (χ3n) is 3.55. The zero-order chi connectivity index (χ0) is 17.8. The maximum atomic E-state index is 12.1. The highest BCUT2D eigenvalue weighted by Gasteiger charge is 2.16. The number of nitrogens with one attached hydrogen (secondary N) is 1. The lowest BCUT2D eigenvalue weighted by atomic mass is 10.2. The number of carbonyl (C=O) groups excluding carboxylic acids is 1. The zero-order valence-corrected chi connectivity index (χ0v) is 15.4. The first-order valence-electron chi connectivity index (χ1n) is 7.68. The topological polar surface area (TPSA) is 69.2 Å². The molecule has 6 nitrogen and oxygen atoms in total. The highest BCUT2D eigenvalue weighted by molar-refractivity contribution is 9.10. The van der Waals surface area contributed by atoms with E-state index in [1.165, 1.54) is 6.21 Å². The van der Waals surface area contributed by atoms with Gasteiger partial charge in [0, 0.05) is 0 Å². The number of rotatable bonds is 5. The van der Waals surface area contributed by atoms with Crippen LogP contribution in [0.2, 0.25) is 0 Å². The first-order chi connectivity index (χ1) is 12.0. The van der Waals surface area contributed by atoms with E-state index in [9.17, 15) is 4.79 Å². The molecule has 2 aromatic carbocycles. The Balaban J connectivity index is 1.56. The van der Waals surface area contributed by atoms with Gasteiger partial charge in [-0.05, 0) is 71.2 Å². The summed E-state index contributed by atoms with van der Waals surface area (Å²) in [6.45, 7) is 3.86. The molecule has 1 heterocycles. The highest BCUT2D eigenvalue weighted by Crippen LogP contribution is 2.32. The summed E-state index contributed by atoms with van der Waals surface area (Å²) in [4.78, 5) is 12.1. The zero-order valence-electron chi connectivity index (χ0n) is 13.8. The summed E-state index contributed by atoms with van der Waals surface area (Å²) in [5.74, 6) is 1.63. The third kappa shape index (κ3) is 4.30. The second kappa shape index (κ2) is 7.57. The van der Waals surface area contributed by atoms with E-state index < -0.39 is 6.10 Å². The van der Waals surface area contributed by atoms with Crippen molar-refractivity contribution in [1.29, 1.82) is 0 Å². The van der Waals surface area contributed by atoms with Gasteiger partial charge in [0.1, 0.15) is 5.75 Å². The van der Waals surface area contributed by atoms with Gasteiger partial charge in [-0.1, -0.05) is 6.07 Å². The monoisotopic (exact) mass is 404 g/mol. The fourth-order valence-electron chi connectivity index (χ4n) is 2.20. The van der Waals surface area contributed by atoms with Crippen molar-refractivity contribution < 1.29 is 19.0 Å². The molecule has 0 saturated heterocycles. The number of halogens is 1. The maximum absolute atomic E-state index is 12.1. The molecule has 3 rings (SSSR count). The van der Waals surface area contributed by atoms with Crippen LogP contribution in [0.4, 0.5) is 0 Å². The van der Waals surface area contributed by atoms with Gasteiger partial charge in [0.15, 0.2) is 17.6 Å². The maximum Gasteiger partial charge on any atom is 0.280 e. The molecule has 0 radical (unpaired) electrons. The average Bonchev–Trinajstić information content (AvgIpc) is 3.05. The van der Waals surface area contributed by atoms with Crippen LogP contribution in [0.3, 0.4) is 0 Å². The van der Waals surface area contributed by atoms with E-state index in [1.54, 1.807) is 19.1 Å². The fraction of sp³-hybridized carbons (Fsp3) is 0.222. The van der Waals surface area contributed by atoms with Crippen molar-refractivity contribution in [3.63, 3.8) is 0 Å². The van der Waals surface area contributed by atoms with Gasteiger partial charge in [0.25, 0.3) is 5.91 Å². The van der Waals surface area contributed by atoms with Gasteiger partial charge in [0.2, 0.25) is 6.79 Å². The summed E-state index contributed by atoms with van der Waals surface area (Å²) in [6.07, 6.45) is 0.849. The van der Waals surface area contributed by atoms with Crippen LogP contribution in [-0.4, -0.2) is 25.0 Å². The molecule has 2 aromatic rings. The number of carbonyl (C=O) groups is 1. The Morgan fingerprint density at radius 3 is 2.88 bits per heavy atom. The van der Waals surface area contributed by atoms with E-state index in [4.69, 9.17) is 14.2 Å². The Kier molecular flexibility index (Phi) is 5.23. The number of benzene rings is 2. The molecule has 0 aliphatic carbocycles. The largest absolute Gasteiger partial charge is 0.480 e. The average molecular weight is 405 g/mol. The Morgan fingerprint density at radius 1 is 1.28 bits per heavy atom. The van der Waals surface area contributed by atoms with Crippen molar-refractivity contribution in [3.8, 4) is 17.2 Å². The second-order valence-corrected chi connectivity index (χ2v) is 6.40. The number of ether oxygens (including phenoxy) is 3. The number of fused-ring (bicyclic) bond motifs is 1. The quantitative estimate of drug-likeness (QED) is 0.612. The summed E-state index contributed by atoms with van der Waals surface area (Å²) in [7, 11) is 0. The molecule has 0 aromatic heterocycles. The molecule has 0 bridgehead atoms. The van der Waals surface area contributed by atoms with Crippen molar-refractivity contribution in [2.45, 2.75) is 20.0 Å². The fourth-order valence-corrected chi connectivity index (χ4v) is 2.79. The molecular formula is C18H17BrN2O4. The van der Waals surface area contributed by atoms with Crippen molar-refractivity contribution in [1.82, 2.24) is 5.43 Å². The lowest BCUT2D eigenvalue weighted by molar-refractivity contribution is -0.127. The molecule has 1 atom stereocenters. The molecule has 1 aliphatic rings. The summed E-state index contributed by atoms with van der Waals surface area (Å²) in [5.41, 5.74) is 4.36. The van der Waals surface area contributed by atoms with Gasteiger partial charge in [0.05, 0.1) is 10.7 Å². The van der Waals surface area contributed by atoms with Gasteiger partial charge >= 0.3 is 0 Å². The van der Waals surface area contributed by atoms with Crippen molar-refractivity contribution in [2.75, 3.05) is 6.79 Å². The first kappa shape index (κ1) is 17.3. The predicted octanol–water partition coefficient (Wildman–Crippen LogP) is 3.40.